The SMILES string of the molecule is Cc1c(F)cccc1[C@H]1[C@@H](C(=O)c2cccc(O)c2)CN(C(=O)C2CNC2)C[C@@H]1c1[c]cccc1O. The number of hydrogen-bond donors (Lipinski definition) is 3. The average Bonchev–Trinajstić information content (AvgIpc) is 2.84. The van der Waals surface area contributed by atoms with E-state index in [1.54, 1.807) is 48.2 Å². The van der Waals surface area contributed by atoms with Crippen LogP contribution in [0.2, 0.25) is 0 Å². The quantitative estimate of drug-likeness (QED) is 0.477. The van der Waals surface area contributed by atoms with Crippen molar-refractivity contribution in [2.24, 2.45) is 11.8 Å². The van der Waals surface area contributed by atoms with Crippen LogP contribution < -0.4 is 5.32 Å². The van der Waals surface area contributed by atoms with E-state index in [0.717, 1.165) is 0 Å². The van der Waals surface area contributed by atoms with E-state index in [-0.39, 0.29) is 48.0 Å². The molecule has 2 saturated heterocycles. The van der Waals surface area contributed by atoms with E-state index in [2.05, 4.69) is 11.4 Å². The van der Waals surface area contributed by atoms with Crippen molar-refractivity contribution in [3.05, 3.63) is 94.8 Å². The van der Waals surface area contributed by atoms with Gasteiger partial charge in [0.2, 0.25) is 5.91 Å². The molecule has 3 atom stereocenters. The van der Waals surface area contributed by atoms with Crippen molar-refractivity contribution in [3.8, 4) is 11.5 Å². The number of piperidine rings is 1. The molecule has 1 amide bonds. The summed E-state index contributed by atoms with van der Waals surface area (Å²) in [6, 6.07) is 19.0. The van der Waals surface area contributed by atoms with E-state index in [1.165, 1.54) is 18.2 Å². The lowest BCUT2D eigenvalue weighted by Crippen LogP contribution is -2.56. The second-order valence-corrected chi connectivity index (χ2v) is 9.67. The second-order valence-electron chi connectivity index (χ2n) is 9.67. The molecule has 0 aliphatic carbocycles. The molecule has 0 bridgehead atoms. The van der Waals surface area contributed by atoms with Gasteiger partial charge < -0.3 is 20.4 Å². The highest BCUT2D eigenvalue weighted by Gasteiger charge is 2.46. The summed E-state index contributed by atoms with van der Waals surface area (Å²) < 4.78 is 14.8. The Morgan fingerprint density at radius 3 is 2.53 bits per heavy atom. The van der Waals surface area contributed by atoms with Gasteiger partial charge in [-0.1, -0.05) is 36.4 Å². The molecule has 0 aromatic heterocycles. The fourth-order valence-electron chi connectivity index (χ4n) is 5.51. The van der Waals surface area contributed by atoms with Gasteiger partial charge in [-0.3, -0.25) is 9.59 Å². The maximum Gasteiger partial charge on any atom is 0.228 e. The van der Waals surface area contributed by atoms with Gasteiger partial charge in [0.15, 0.2) is 5.78 Å². The summed E-state index contributed by atoms with van der Waals surface area (Å²) in [4.78, 5) is 29.1. The third kappa shape index (κ3) is 4.35. The summed E-state index contributed by atoms with van der Waals surface area (Å²) >= 11 is 0. The van der Waals surface area contributed by atoms with Crippen LogP contribution in [0.15, 0.2) is 60.7 Å². The Morgan fingerprint density at radius 1 is 1.06 bits per heavy atom. The van der Waals surface area contributed by atoms with Crippen molar-refractivity contribution in [2.75, 3.05) is 26.2 Å². The van der Waals surface area contributed by atoms with Crippen molar-refractivity contribution in [1.29, 1.82) is 0 Å². The fraction of sp³-hybridized carbons (Fsp3) is 0.310. The number of carbonyl (C=O) groups excluding carboxylic acids is 2. The highest BCUT2D eigenvalue weighted by Crippen LogP contribution is 2.47. The maximum atomic E-state index is 14.8. The van der Waals surface area contributed by atoms with E-state index in [0.29, 0.717) is 35.3 Å². The van der Waals surface area contributed by atoms with Crippen molar-refractivity contribution in [1.82, 2.24) is 10.2 Å². The summed E-state index contributed by atoms with van der Waals surface area (Å²) in [6.45, 7) is 3.28. The Balaban J connectivity index is 1.67. The molecule has 3 aromatic rings. The number of ketones is 1. The number of phenolic OH excluding ortho intramolecular Hbond substituents is 2. The molecule has 0 unspecified atom stereocenters. The second kappa shape index (κ2) is 9.74. The Labute approximate surface area is 209 Å². The largest absolute Gasteiger partial charge is 0.508 e. The number of hydrogen-bond acceptors (Lipinski definition) is 5. The smallest absolute Gasteiger partial charge is 0.228 e. The highest BCUT2D eigenvalue weighted by atomic mass is 19.1. The average molecular weight is 488 g/mol. The molecule has 2 aliphatic heterocycles. The molecule has 2 heterocycles. The van der Waals surface area contributed by atoms with Gasteiger partial charge in [0.25, 0.3) is 0 Å². The Hall–Kier alpha value is -3.71. The molecule has 7 heteroatoms. The van der Waals surface area contributed by atoms with Crippen LogP contribution >= 0.6 is 0 Å². The van der Waals surface area contributed by atoms with E-state index in [9.17, 15) is 24.2 Å². The fourth-order valence-corrected chi connectivity index (χ4v) is 5.51. The molecule has 3 aromatic carbocycles. The van der Waals surface area contributed by atoms with Gasteiger partial charge in [-0.2, -0.15) is 0 Å². The number of benzene rings is 3. The first-order valence-corrected chi connectivity index (χ1v) is 12.1. The van der Waals surface area contributed by atoms with Crippen molar-refractivity contribution < 1.29 is 24.2 Å². The maximum absolute atomic E-state index is 14.8. The normalized spacial score (nSPS) is 22.2. The third-order valence-electron chi connectivity index (χ3n) is 7.52. The zero-order valence-electron chi connectivity index (χ0n) is 19.9. The van der Waals surface area contributed by atoms with Crippen LogP contribution in [0.4, 0.5) is 4.39 Å². The van der Waals surface area contributed by atoms with Crippen LogP contribution in [0, 0.1) is 30.6 Å². The van der Waals surface area contributed by atoms with E-state index in [1.807, 2.05) is 6.07 Å². The number of Topliss-reactive ketones (excluding diaryl/α,β-unsaturated/α-hetero) is 1. The van der Waals surface area contributed by atoms with Gasteiger partial charge in [-0.25, -0.2) is 4.39 Å². The third-order valence-corrected chi connectivity index (χ3v) is 7.52. The van der Waals surface area contributed by atoms with E-state index in [4.69, 9.17) is 0 Å². The zero-order chi connectivity index (χ0) is 25.4. The zero-order valence-corrected chi connectivity index (χ0v) is 19.9. The Morgan fingerprint density at radius 2 is 1.83 bits per heavy atom. The number of nitrogens with zero attached hydrogens (tertiary/aromatic N) is 1. The van der Waals surface area contributed by atoms with Gasteiger partial charge in [0, 0.05) is 55.1 Å². The number of aromatic hydroxyl groups is 2. The first-order valence-electron chi connectivity index (χ1n) is 12.1. The van der Waals surface area contributed by atoms with Gasteiger partial charge in [0.05, 0.1) is 5.92 Å². The minimum atomic E-state index is -0.726. The minimum Gasteiger partial charge on any atom is -0.508 e. The van der Waals surface area contributed by atoms with Crippen molar-refractivity contribution in [3.63, 3.8) is 0 Å². The number of likely N-dealkylation sites (tertiary alicyclic amines) is 1. The van der Waals surface area contributed by atoms with Gasteiger partial charge >= 0.3 is 0 Å². The van der Waals surface area contributed by atoms with Gasteiger partial charge in [-0.15, -0.1) is 0 Å². The Bertz CT molecular complexity index is 1310. The van der Waals surface area contributed by atoms with Crippen LogP contribution in [0.25, 0.3) is 0 Å². The highest BCUT2D eigenvalue weighted by molar-refractivity contribution is 5.99. The summed E-state index contributed by atoms with van der Waals surface area (Å²) in [6.07, 6.45) is 0. The van der Waals surface area contributed by atoms with E-state index < -0.39 is 17.8 Å². The molecule has 185 valence electrons. The lowest BCUT2D eigenvalue weighted by molar-refractivity contribution is -0.139. The van der Waals surface area contributed by atoms with Crippen LogP contribution in [-0.2, 0) is 4.79 Å². The van der Waals surface area contributed by atoms with Crippen molar-refractivity contribution >= 4 is 11.7 Å². The molecule has 1 radical (unpaired) electrons. The van der Waals surface area contributed by atoms with Crippen LogP contribution in [0.3, 0.4) is 0 Å². The van der Waals surface area contributed by atoms with Crippen LogP contribution in [-0.4, -0.2) is 53.0 Å². The molecule has 36 heavy (non-hydrogen) atoms. The van der Waals surface area contributed by atoms with Gasteiger partial charge in [-0.05, 0) is 48.4 Å². The lowest BCUT2D eigenvalue weighted by atomic mass is 9.67. The Kier molecular flexibility index (Phi) is 6.49. The minimum absolute atomic E-state index is 0.0183. The molecule has 2 fully saturated rings. The van der Waals surface area contributed by atoms with Crippen LogP contribution in [0.1, 0.15) is 38.9 Å². The van der Waals surface area contributed by atoms with Crippen LogP contribution in [0.5, 0.6) is 11.5 Å². The molecule has 2 aliphatic rings. The molecule has 0 spiro atoms. The molecular formula is C29H28FN2O4. The summed E-state index contributed by atoms with van der Waals surface area (Å²) in [5.74, 6) is -2.60. The summed E-state index contributed by atoms with van der Waals surface area (Å²) in [5, 5.41) is 23.9. The number of nitrogens with one attached hydrogen (secondary N) is 1. The standard InChI is InChI=1S/C29H28FN2O4/c1-17-21(9-5-10-25(17)30)27-23(22-8-2-3-11-26(22)34)15-32(29(36)19-13-31-14-19)16-24(27)28(35)18-6-4-7-20(33)12-18/h2-7,9-12,19,23-24,27,31,33-34H,13-16H2,1H3/t23-,24+,27-/m1/s1. The van der Waals surface area contributed by atoms with Gasteiger partial charge in [0.1, 0.15) is 17.3 Å². The number of amides is 1. The summed E-state index contributed by atoms with van der Waals surface area (Å²) in [5.41, 5.74) is 1.90. The predicted octanol–water partition coefficient (Wildman–Crippen LogP) is 3.77. The van der Waals surface area contributed by atoms with E-state index >= 15 is 0 Å². The monoisotopic (exact) mass is 487 g/mol. The number of rotatable bonds is 5. The molecule has 0 saturated carbocycles. The topological polar surface area (TPSA) is 89.9 Å². The number of phenols is 2. The first-order chi connectivity index (χ1) is 17.3. The molecule has 5 rings (SSSR count). The summed E-state index contributed by atoms with van der Waals surface area (Å²) in [7, 11) is 0. The van der Waals surface area contributed by atoms with Crippen molar-refractivity contribution in [2.45, 2.75) is 18.8 Å². The lowest BCUT2D eigenvalue weighted by Gasteiger charge is -2.46. The molecule has 3 N–H and O–H groups in total. The first kappa shape index (κ1) is 24.0. The number of carbonyl (C=O) groups is 2. The molecular weight excluding hydrogens is 459 g/mol. The predicted molar refractivity (Wildman–Crippen MR) is 132 cm³/mol. The molecule has 6 nitrogen and oxygen atoms in total. The number of halogens is 1.